The van der Waals surface area contributed by atoms with Crippen LogP contribution in [0.5, 0.6) is 0 Å². The number of aromatic nitrogens is 2. The molecule has 0 saturated carbocycles. The summed E-state index contributed by atoms with van der Waals surface area (Å²) in [6.07, 6.45) is 3.78. The van der Waals surface area contributed by atoms with Gasteiger partial charge in [0.2, 0.25) is 0 Å². The third kappa shape index (κ3) is 4.64. The molecule has 1 aliphatic rings. The highest BCUT2D eigenvalue weighted by Crippen LogP contribution is 2.22. The van der Waals surface area contributed by atoms with Crippen molar-refractivity contribution in [2.24, 2.45) is 7.05 Å². The Bertz CT molecular complexity index is 704. The summed E-state index contributed by atoms with van der Waals surface area (Å²) in [5.41, 5.74) is 0.687. The Morgan fingerprint density at radius 1 is 1.42 bits per heavy atom. The molecule has 0 aliphatic carbocycles. The molecule has 0 unspecified atom stereocenters. The van der Waals surface area contributed by atoms with Crippen molar-refractivity contribution in [2.45, 2.75) is 18.9 Å². The van der Waals surface area contributed by atoms with Gasteiger partial charge in [0.1, 0.15) is 11.5 Å². The summed E-state index contributed by atoms with van der Waals surface area (Å²) in [5, 5.41) is 7.36. The summed E-state index contributed by atoms with van der Waals surface area (Å²) < 4.78 is 12.7. The molecule has 0 bridgehead atoms. The summed E-state index contributed by atoms with van der Waals surface area (Å²) >= 11 is 0. The maximum atomic E-state index is 12.8. The summed E-state index contributed by atoms with van der Waals surface area (Å²) in [6, 6.07) is 5.32. The van der Waals surface area contributed by atoms with Gasteiger partial charge in [0.05, 0.1) is 12.4 Å². The van der Waals surface area contributed by atoms with E-state index in [4.69, 9.17) is 9.15 Å². The maximum Gasteiger partial charge on any atom is 0.323 e. The van der Waals surface area contributed by atoms with E-state index >= 15 is 0 Å². The number of nitrogens with one attached hydrogen (secondary N) is 1. The second-order valence-corrected chi connectivity index (χ2v) is 6.83. The molecular formula is C18H27N5O3. The number of furan rings is 1. The minimum atomic E-state index is -0.142. The van der Waals surface area contributed by atoms with Gasteiger partial charge in [-0.25, -0.2) is 4.79 Å². The SMILES string of the molecule is CN(C)CCN(C[C@@H]1CCCO1)C(=O)Nc1cc(-c2ccco2)nn1C. The first-order valence-corrected chi connectivity index (χ1v) is 8.93. The molecule has 1 saturated heterocycles. The van der Waals surface area contributed by atoms with Crippen molar-refractivity contribution in [1.29, 1.82) is 0 Å². The van der Waals surface area contributed by atoms with Gasteiger partial charge in [-0.15, -0.1) is 0 Å². The lowest BCUT2D eigenvalue weighted by Crippen LogP contribution is -2.43. The Labute approximate surface area is 153 Å². The van der Waals surface area contributed by atoms with E-state index in [-0.39, 0.29) is 12.1 Å². The lowest BCUT2D eigenvalue weighted by Gasteiger charge is -2.27. The van der Waals surface area contributed by atoms with Crippen LogP contribution in [-0.4, -0.2) is 72.1 Å². The zero-order valence-corrected chi connectivity index (χ0v) is 15.6. The van der Waals surface area contributed by atoms with Gasteiger partial charge in [-0.1, -0.05) is 0 Å². The van der Waals surface area contributed by atoms with E-state index in [0.717, 1.165) is 26.0 Å². The van der Waals surface area contributed by atoms with Gasteiger partial charge in [0.15, 0.2) is 5.76 Å². The number of hydrogen-bond acceptors (Lipinski definition) is 5. The lowest BCUT2D eigenvalue weighted by molar-refractivity contribution is 0.0820. The van der Waals surface area contributed by atoms with Crippen LogP contribution in [0.15, 0.2) is 28.9 Å². The van der Waals surface area contributed by atoms with Crippen LogP contribution in [0.25, 0.3) is 11.5 Å². The minimum absolute atomic E-state index is 0.119. The Morgan fingerprint density at radius 3 is 2.92 bits per heavy atom. The van der Waals surface area contributed by atoms with Gasteiger partial charge in [-0.05, 0) is 39.1 Å². The molecule has 1 atom stereocenters. The molecule has 0 spiro atoms. The quantitative estimate of drug-likeness (QED) is 0.819. The predicted molar refractivity (Wildman–Crippen MR) is 99.0 cm³/mol. The van der Waals surface area contributed by atoms with Crippen LogP contribution >= 0.6 is 0 Å². The number of anilines is 1. The first kappa shape index (κ1) is 18.5. The number of urea groups is 1. The molecule has 1 aliphatic heterocycles. The number of rotatable bonds is 7. The van der Waals surface area contributed by atoms with Crippen molar-refractivity contribution < 1.29 is 13.9 Å². The maximum absolute atomic E-state index is 12.8. The smallest absolute Gasteiger partial charge is 0.323 e. The number of ether oxygens (including phenoxy) is 1. The third-order valence-corrected chi connectivity index (χ3v) is 4.44. The summed E-state index contributed by atoms with van der Waals surface area (Å²) in [7, 11) is 5.80. The average Bonchev–Trinajstić information content (AvgIpc) is 3.34. The van der Waals surface area contributed by atoms with Crippen LogP contribution in [0.3, 0.4) is 0 Å². The van der Waals surface area contributed by atoms with Gasteiger partial charge in [0.25, 0.3) is 0 Å². The molecule has 0 aromatic carbocycles. The molecule has 1 fully saturated rings. The van der Waals surface area contributed by atoms with Gasteiger partial charge in [0, 0.05) is 39.4 Å². The molecule has 26 heavy (non-hydrogen) atoms. The van der Waals surface area contributed by atoms with E-state index in [0.29, 0.717) is 30.4 Å². The lowest BCUT2D eigenvalue weighted by atomic mass is 10.2. The largest absolute Gasteiger partial charge is 0.463 e. The predicted octanol–water partition coefficient (Wildman–Crippen LogP) is 2.25. The third-order valence-electron chi connectivity index (χ3n) is 4.44. The van der Waals surface area contributed by atoms with Crippen LogP contribution in [0.1, 0.15) is 12.8 Å². The number of carbonyl (C=O) groups excluding carboxylic acids is 1. The molecular weight excluding hydrogens is 334 g/mol. The van der Waals surface area contributed by atoms with Crippen molar-refractivity contribution in [3.8, 4) is 11.5 Å². The number of nitrogens with zero attached hydrogens (tertiary/aromatic N) is 4. The highest BCUT2D eigenvalue weighted by Gasteiger charge is 2.23. The van der Waals surface area contributed by atoms with Crippen molar-refractivity contribution >= 4 is 11.8 Å². The monoisotopic (exact) mass is 361 g/mol. The molecule has 2 aromatic heterocycles. The van der Waals surface area contributed by atoms with Crippen molar-refractivity contribution in [3.63, 3.8) is 0 Å². The molecule has 142 valence electrons. The van der Waals surface area contributed by atoms with Crippen LogP contribution in [-0.2, 0) is 11.8 Å². The highest BCUT2D eigenvalue weighted by atomic mass is 16.5. The molecule has 0 radical (unpaired) electrons. The number of aryl methyl sites for hydroxylation is 1. The number of hydrogen-bond donors (Lipinski definition) is 1. The van der Waals surface area contributed by atoms with Crippen molar-refractivity contribution in [2.75, 3.05) is 45.7 Å². The highest BCUT2D eigenvalue weighted by molar-refractivity contribution is 5.89. The molecule has 2 aromatic rings. The van der Waals surface area contributed by atoms with E-state index in [1.165, 1.54) is 0 Å². The van der Waals surface area contributed by atoms with Crippen molar-refractivity contribution in [1.82, 2.24) is 19.6 Å². The fourth-order valence-electron chi connectivity index (χ4n) is 2.95. The van der Waals surface area contributed by atoms with E-state index in [1.807, 2.05) is 37.2 Å². The van der Waals surface area contributed by atoms with E-state index < -0.39 is 0 Å². The summed E-state index contributed by atoms with van der Waals surface area (Å²) in [6.45, 7) is 2.81. The normalized spacial score (nSPS) is 17.0. The molecule has 1 N–H and O–H groups in total. The van der Waals surface area contributed by atoms with E-state index in [1.54, 1.807) is 18.0 Å². The van der Waals surface area contributed by atoms with Gasteiger partial charge in [-0.3, -0.25) is 10.00 Å². The molecule has 8 heteroatoms. The fraction of sp³-hybridized carbons (Fsp3) is 0.556. The van der Waals surface area contributed by atoms with E-state index in [9.17, 15) is 4.79 Å². The van der Waals surface area contributed by atoms with Crippen LogP contribution in [0.2, 0.25) is 0 Å². The first-order valence-electron chi connectivity index (χ1n) is 8.93. The zero-order valence-electron chi connectivity index (χ0n) is 15.6. The first-order chi connectivity index (χ1) is 12.5. The molecule has 8 nitrogen and oxygen atoms in total. The van der Waals surface area contributed by atoms with Crippen molar-refractivity contribution in [3.05, 3.63) is 24.5 Å². The van der Waals surface area contributed by atoms with Gasteiger partial charge in [-0.2, -0.15) is 5.10 Å². The average molecular weight is 361 g/mol. The standard InChI is InChI=1S/C18H27N5O3/c1-21(2)8-9-23(13-14-6-4-10-25-14)18(24)19-17-12-15(20-22(17)3)16-7-5-11-26-16/h5,7,11-12,14H,4,6,8-10,13H2,1-3H3,(H,19,24)/t14-/m0/s1. The second kappa shape index (κ2) is 8.37. The van der Waals surface area contributed by atoms with Crippen LogP contribution < -0.4 is 5.32 Å². The number of amides is 2. The van der Waals surface area contributed by atoms with E-state index in [2.05, 4.69) is 15.3 Å². The topological polar surface area (TPSA) is 75.8 Å². The van der Waals surface area contributed by atoms with Crippen LogP contribution in [0.4, 0.5) is 10.6 Å². The molecule has 3 heterocycles. The Morgan fingerprint density at radius 2 is 2.27 bits per heavy atom. The zero-order chi connectivity index (χ0) is 18.5. The van der Waals surface area contributed by atoms with Gasteiger partial charge >= 0.3 is 6.03 Å². The second-order valence-electron chi connectivity index (χ2n) is 6.83. The molecule has 3 rings (SSSR count). The Balaban J connectivity index is 1.67. The number of carbonyl (C=O) groups is 1. The summed E-state index contributed by atoms with van der Waals surface area (Å²) in [4.78, 5) is 16.7. The Kier molecular flexibility index (Phi) is 5.95. The Hall–Kier alpha value is -2.32. The minimum Gasteiger partial charge on any atom is -0.463 e. The molecule has 2 amide bonds. The van der Waals surface area contributed by atoms with Gasteiger partial charge < -0.3 is 19.0 Å². The van der Waals surface area contributed by atoms with Crippen LogP contribution in [0, 0.1) is 0 Å². The number of likely N-dealkylation sites (N-methyl/N-ethyl adjacent to an activating group) is 1. The summed E-state index contributed by atoms with van der Waals surface area (Å²) in [5.74, 6) is 1.30. The fourth-order valence-corrected chi connectivity index (χ4v) is 2.95.